The molecule has 0 unspecified atom stereocenters. The number of halogens is 3. The van der Waals surface area contributed by atoms with Crippen LogP contribution in [-0.2, 0) is 23.9 Å². The summed E-state index contributed by atoms with van der Waals surface area (Å²) in [6, 6.07) is 34.1. The molecular formula is C38H30F3N3O3. The number of benzene rings is 5. The molecule has 6 rings (SSSR count). The molecule has 0 fully saturated rings. The summed E-state index contributed by atoms with van der Waals surface area (Å²) < 4.78 is 39.3. The number of nitrogens with zero attached hydrogens (tertiary/aromatic N) is 1. The maximum Gasteiger partial charge on any atom is 0.416 e. The van der Waals surface area contributed by atoms with Crippen molar-refractivity contribution in [2.45, 2.75) is 25.2 Å². The van der Waals surface area contributed by atoms with Crippen LogP contribution in [0.3, 0.4) is 0 Å². The Morgan fingerprint density at radius 3 is 2.13 bits per heavy atom. The third-order valence-electron chi connectivity index (χ3n) is 8.14. The van der Waals surface area contributed by atoms with Crippen LogP contribution in [-0.4, -0.2) is 24.3 Å². The van der Waals surface area contributed by atoms with Gasteiger partial charge in [0.15, 0.2) is 0 Å². The molecule has 0 saturated carbocycles. The fourth-order valence-electron chi connectivity index (χ4n) is 5.71. The number of carbonyl (C=O) groups is 3. The highest BCUT2D eigenvalue weighted by Crippen LogP contribution is 2.35. The van der Waals surface area contributed by atoms with Crippen molar-refractivity contribution >= 4 is 23.4 Å². The molecule has 1 heterocycles. The highest BCUT2D eigenvalue weighted by molar-refractivity contribution is 6.11. The standard InChI is InChI=1S/C38H30F3N3O3/c39-38(40,41)30-18-15-26(16-19-30)31-13-7-8-14-32(31)37(47)44-22-21-28-23-29(17-20-33(28)44)35(45)43-34(27-11-5-2-6-12-27)36(46)42-24-25-9-3-1-4-10-25/h1-20,23,34H,21-22,24H2,(H,42,46)(H,43,45)/t34-/m0/s1. The Labute approximate surface area is 269 Å². The lowest BCUT2D eigenvalue weighted by atomic mass is 9.97. The van der Waals surface area contributed by atoms with Crippen LogP contribution in [0, 0.1) is 0 Å². The van der Waals surface area contributed by atoms with E-state index in [9.17, 15) is 27.6 Å². The molecule has 3 amide bonds. The topological polar surface area (TPSA) is 78.5 Å². The van der Waals surface area contributed by atoms with Crippen molar-refractivity contribution in [2.24, 2.45) is 0 Å². The van der Waals surface area contributed by atoms with Crippen LogP contribution in [0.15, 0.2) is 127 Å². The summed E-state index contributed by atoms with van der Waals surface area (Å²) in [5.41, 5.74) is 3.96. The zero-order valence-electron chi connectivity index (χ0n) is 25.1. The number of rotatable bonds is 8. The summed E-state index contributed by atoms with van der Waals surface area (Å²) >= 11 is 0. The van der Waals surface area contributed by atoms with Gasteiger partial charge in [-0.25, -0.2) is 0 Å². The fourth-order valence-corrected chi connectivity index (χ4v) is 5.71. The van der Waals surface area contributed by atoms with E-state index in [0.717, 1.165) is 23.3 Å². The number of alkyl halides is 3. The lowest BCUT2D eigenvalue weighted by Crippen LogP contribution is -2.40. The average molecular weight is 634 g/mol. The van der Waals surface area contributed by atoms with Gasteiger partial charge in [0.1, 0.15) is 6.04 Å². The van der Waals surface area contributed by atoms with Gasteiger partial charge in [0.05, 0.1) is 5.56 Å². The molecule has 2 N–H and O–H groups in total. The second kappa shape index (κ2) is 13.3. The molecule has 5 aromatic rings. The van der Waals surface area contributed by atoms with Crippen molar-refractivity contribution < 1.29 is 27.6 Å². The zero-order chi connectivity index (χ0) is 33.0. The monoisotopic (exact) mass is 633 g/mol. The highest BCUT2D eigenvalue weighted by atomic mass is 19.4. The summed E-state index contributed by atoms with van der Waals surface area (Å²) in [6.45, 7) is 0.679. The largest absolute Gasteiger partial charge is 0.416 e. The van der Waals surface area contributed by atoms with Gasteiger partial charge in [-0.3, -0.25) is 14.4 Å². The minimum atomic E-state index is -4.46. The van der Waals surface area contributed by atoms with E-state index in [1.807, 2.05) is 36.4 Å². The summed E-state index contributed by atoms with van der Waals surface area (Å²) in [5.74, 6) is -1.08. The van der Waals surface area contributed by atoms with E-state index in [4.69, 9.17) is 0 Å². The number of amides is 3. The van der Waals surface area contributed by atoms with Crippen LogP contribution < -0.4 is 15.5 Å². The van der Waals surface area contributed by atoms with E-state index in [1.54, 1.807) is 71.6 Å². The minimum Gasteiger partial charge on any atom is -0.350 e. The third kappa shape index (κ3) is 6.94. The van der Waals surface area contributed by atoms with Crippen molar-refractivity contribution in [2.75, 3.05) is 11.4 Å². The predicted octanol–water partition coefficient (Wildman–Crippen LogP) is 7.36. The molecule has 0 saturated heterocycles. The van der Waals surface area contributed by atoms with Crippen LogP contribution in [0.2, 0.25) is 0 Å². The van der Waals surface area contributed by atoms with Gasteiger partial charge in [0, 0.05) is 29.9 Å². The molecule has 6 nitrogen and oxygen atoms in total. The van der Waals surface area contributed by atoms with Crippen molar-refractivity contribution in [3.05, 3.63) is 161 Å². The minimum absolute atomic E-state index is 0.296. The molecule has 0 aromatic heterocycles. The van der Waals surface area contributed by atoms with E-state index in [2.05, 4.69) is 10.6 Å². The molecule has 47 heavy (non-hydrogen) atoms. The molecule has 0 spiro atoms. The lowest BCUT2D eigenvalue weighted by Gasteiger charge is -2.21. The summed E-state index contributed by atoms with van der Waals surface area (Å²) in [4.78, 5) is 42.2. The van der Waals surface area contributed by atoms with Gasteiger partial charge in [0.25, 0.3) is 11.8 Å². The second-order valence-corrected chi connectivity index (χ2v) is 11.2. The van der Waals surface area contributed by atoms with Crippen LogP contribution in [0.1, 0.15) is 49.0 Å². The van der Waals surface area contributed by atoms with Crippen molar-refractivity contribution in [1.29, 1.82) is 0 Å². The number of fused-ring (bicyclic) bond motifs is 1. The van der Waals surface area contributed by atoms with Gasteiger partial charge in [-0.1, -0.05) is 91.0 Å². The van der Waals surface area contributed by atoms with Gasteiger partial charge in [0.2, 0.25) is 5.91 Å². The predicted molar refractivity (Wildman–Crippen MR) is 174 cm³/mol. The van der Waals surface area contributed by atoms with E-state index in [0.29, 0.717) is 53.0 Å². The highest BCUT2D eigenvalue weighted by Gasteiger charge is 2.31. The Balaban J connectivity index is 1.20. The van der Waals surface area contributed by atoms with Gasteiger partial charge < -0.3 is 15.5 Å². The Kier molecular flexibility index (Phi) is 8.88. The van der Waals surface area contributed by atoms with Crippen LogP contribution >= 0.6 is 0 Å². The summed E-state index contributed by atoms with van der Waals surface area (Å²) in [6.07, 6.45) is -3.95. The molecule has 1 aliphatic heterocycles. The second-order valence-electron chi connectivity index (χ2n) is 11.2. The number of hydrogen-bond donors (Lipinski definition) is 2. The maximum absolute atomic E-state index is 13.8. The van der Waals surface area contributed by atoms with E-state index in [1.165, 1.54) is 12.1 Å². The zero-order valence-corrected chi connectivity index (χ0v) is 25.1. The number of hydrogen-bond acceptors (Lipinski definition) is 3. The first kappa shape index (κ1) is 31.3. The molecule has 9 heteroatoms. The molecule has 236 valence electrons. The fraction of sp³-hybridized carbons (Fsp3) is 0.132. The van der Waals surface area contributed by atoms with Crippen LogP contribution in [0.25, 0.3) is 11.1 Å². The lowest BCUT2D eigenvalue weighted by molar-refractivity contribution is -0.137. The van der Waals surface area contributed by atoms with E-state index in [-0.39, 0.29) is 11.8 Å². The molecule has 0 aliphatic carbocycles. The normalized spacial score (nSPS) is 13.0. The number of nitrogens with one attached hydrogen (secondary N) is 2. The molecule has 1 atom stereocenters. The Hall–Kier alpha value is -5.70. The van der Waals surface area contributed by atoms with Gasteiger partial charge >= 0.3 is 6.18 Å². The van der Waals surface area contributed by atoms with Crippen LogP contribution in [0.5, 0.6) is 0 Å². The Morgan fingerprint density at radius 1 is 0.766 bits per heavy atom. The average Bonchev–Trinajstić information content (AvgIpc) is 3.53. The van der Waals surface area contributed by atoms with Crippen molar-refractivity contribution in [3.8, 4) is 11.1 Å². The van der Waals surface area contributed by atoms with Gasteiger partial charge in [-0.05, 0) is 70.6 Å². The van der Waals surface area contributed by atoms with Crippen molar-refractivity contribution in [3.63, 3.8) is 0 Å². The van der Waals surface area contributed by atoms with Crippen molar-refractivity contribution in [1.82, 2.24) is 10.6 Å². The number of anilines is 1. The molecule has 1 aliphatic rings. The Bertz CT molecular complexity index is 1910. The SMILES string of the molecule is O=C(N[C@H](C(=O)NCc1ccccc1)c1ccccc1)c1ccc2c(c1)CCN2C(=O)c1ccccc1-c1ccc(C(F)(F)F)cc1. The van der Waals surface area contributed by atoms with E-state index < -0.39 is 23.7 Å². The smallest absolute Gasteiger partial charge is 0.350 e. The summed E-state index contributed by atoms with van der Waals surface area (Å²) in [5, 5.41) is 5.78. The Morgan fingerprint density at radius 2 is 1.43 bits per heavy atom. The van der Waals surface area contributed by atoms with Gasteiger partial charge in [-0.2, -0.15) is 13.2 Å². The molecule has 0 bridgehead atoms. The first-order valence-corrected chi connectivity index (χ1v) is 15.1. The molecule has 5 aromatic carbocycles. The van der Waals surface area contributed by atoms with Gasteiger partial charge in [-0.15, -0.1) is 0 Å². The van der Waals surface area contributed by atoms with Crippen LogP contribution in [0.4, 0.5) is 18.9 Å². The first-order valence-electron chi connectivity index (χ1n) is 15.1. The maximum atomic E-state index is 13.8. The summed E-state index contributed by atoms with van der Waals surface area (Å²) in [7, 11) is 0. The molecular weight excluding hydrogens is 603 g/mol. The third-order valence-corrected chi connectivity index (χ3v) is 8.14. The quantitative estimate of drug-likeness (QED) is 0.187. The molecule has 0 radical (unpaired) electrons. The van der Waals surface area contributed by atoms with E-state index >= 15 is 0 Å². The first-order chi connectivity index (χ1) is 22.7. The number of carbonyl (C=O) groups excluding carboxylic acids is 3.